The van der Waals surface area contributed by atoms with Gasteiger partial charge in [0.2, 0.25) is 0 Å². The Morgan fingerprint density at radius 2 is 2.06 bits per heavy atom. The normalized spacial score (nSPS) is 10.9. The number of H-pyrrole nitrogens is 1. The van der Waals surface area contributed by atoms with Crippen LogP contribution in [-0.2, 0) is 6.54 Å². The number of halogens is 1. The molecule has 0 saturated heterocycles. The molecule has 0 aliphatic carbocycles. The summed E-state index contributed by atoms with van der Waals surface area (Å²) in [6.45, 7) is 3.60. The number of nitrogens with one attached hydrogen (secondary N) is 1. The topological polar surface area (TPSA) is 54.9 Å². The van der Waals surface area contributed by atoms with Crippen molar-refractivity contribution in [2.24, 2.45) is 0 Å². The third-order valence-corrected chi connectivity index (χ3v) is 2.57. The van der Waals surface area contributed by atoms with Gasteiger partial charge in [0.15, 0.2) is 0 Å². The monoisotopic (exact) mass is 222 g/mol. The van der Waals surface area contributed by atoms with Gasteiger partial charge in [-0.25, -0.2) is 9.18 Å². The summed E-state index contributed by atoms with van der Waals surface area (Å²) in [6, 6.07) is 2.43. The lowest BCUT2D eigenvalue weighted by Crippen LogP contribution is -2.34. The van der Waals surface area contributed by atoms with E-state index in [0.29, 0.717) is 11.1 Å². The number of aromatic amines is 1. The van der Waals surface area contributed by atoms with Gasteiger partial charge in [-0.1, -0.05) is 0 Å². The fraction of sp³-hybridized carbons (Fsp3) is 0.273. The molecule has 1 aromatic carbocycles. The lowest BCUT2D eigenvalue weighted by Gasteiger charge is -2.05. The molecular formula is C11H11FN2O2. The molecule has 0 atom stereocenters. The molecule has 0 unspecified atom stereocenters. The van der Waals surface area contributed by atoms with Gasteiger partial charge in [-0.15, -0.1) is 0 Å². The lowest BCUT2D eigenvalue weighted by molar-refractivity contribution is 0.626. The van der Waals surface area contributed by atoms with Gasteiger partial charge in [0.25, 0.3) is 5.56 Å². The number of rotatable bonds is 1. The molecule has 0 saturated carbocycles. The molecule has 0 aliphatic rings. The molecule has 84 valence electrons. The number of benzene rings is 1. The second kappa shape index (κ2) is 3.59. The van der Waals surface area contributed by atoms with Crippen LogP contribution in [0.1, 0.15) is 12.5 Å². The van der Waals surface area contributed by atoms with Crippen molar-refractivity contribution in [3.05, 3.63) is 44.4 Å². The van der Waals surface area contributed by atoms with Gasteiger partial charge in [0, 0.05) is 6.54 Å². The van der Waals surface area contributed by atoms with E-state index in [-0.39, 0.29) is 11.9 Å². The van der Waals surface area contributed by atoms with E-state index in [2.05, 4.69) is 4.98 Å². The Hall–Kier alpha value is -1.91. The zero-order chi connectivity index (χ0) is 11.9. The highest BCUT2D eigenvalue weighted by Gasteiger charge is 2.09. The highest BCUT2D eigenvalue weighted by atomic mass is 19.1. The smallest absolute Gasteiger partial charge is 0.306 e. The largest absolute Gasteiger partial charge is 0.328 e. The van der Waals surface area contributed by atoms with E-state index >= 15 is 0 Å². The molecular weight excluding hydrogens is 211 g/mol. The molecule has 2 aromatic rings. The van der Waals surface area contributed by atoms with E-state index in [1.54, 1.807) is 13.8 Å². The van der Waals surface area contributed by atoms with Crippen LogP contribution in [0.15, 0.2) is 21.7 Å². The van der Waals surface area contributed by atoms with Gasteiger partial charge in [-0.05, 0) is 31.5 Å². The molecule has 0 bridgehead atoms. The third kappa shape index (κ3) is 1.44. The summed E-state index contributed by atoms with van der Waals surface area (Å²) in [5, 5.41) is 0.207. The molecule has 0 aliphatic heterocycles. The quantitative estimate of drug-likeness (QED) is 0.787. The first-order valence-corrected chi connectivity index (χ1v) is 4.97. The Morgan fingerprint density at radius 1 is 1.38 bits per heavy atom. The summed E-state index contributed by atoms with van der Waals surface area (Å²) in [6.07, 6.45) is 0. The van der Waals surface area contributed by atoms with Gasteiger partial charge in [-0.2, -0.15) is 0 Å². The molecule has 5 heteroatoms. The zero-order valence-corrected chi connectivity index (χ0v) is 9.00. The van der Waals surface area contributed by atoms with Crippen molar-refractivity contribution in [1.82, 2.24) is 9.55 Å². The van der Waals surface area contributed by atoms with Crippen LogP contribution >= 0.6 is 0 Å². The zero-order valence-electron chi connectivity index (χ0n) is 9.00. The molecule has 1 N–H and O–H groups in total. The molecule has 1 aromatic heterocycles. The number of hydrogen-bond acceptors (Lipinski definition) is 2. The van der Waals surface area contributed by atoms with Crippen molar-refractivity contribution >= 4 is 10.9 Å². The van der Waals surface area contributed by atoms with Gasteiger partial charge < -0.3 is 4.98 Å². The molecule has 2 rings (SSSR count). The Balaban J connectivity index is 3.05. The van der Waals surface area contributed by atoms with Gasteiger partial charge >= 0.3 is 5.69 Å². The number of hydrogen-bond donors (Lipinski definition) is 1. The van der Waals surface area contributed by atoms with E-state index < -0.39 is 17.1 Å². The average molecular weight is 222 g/mol. The summed E-state index contributed by atoms with van der Waals surface area (Å²) in [7, 11) is 0. The Bertz CT molecular complexity index is 670. The lowest BCUT2D eigenvalue weighted by atomic mass is 10.1. The summed E-state index contributed by atoms with van der Waals surface area (Å²) in [5.41, 5.74) is 0.0344. The fourth-order valence-corrected chi connectivity index (χ4v) is 1.78. The van der Waals surface area contributed by atoms with Gasteiger partial charge in [-0.3, -0.25) is 9.36 Å². The third-order valence-electron chi connectivity index (χ3n) is 2.57. The summed E-state index contributed by atoms with van der Waals surface area (Å²) in [4.78, 5) is 26.0. The first kappa shape index (κ1) is 10.6. The molecule has 4 nitrogen and oxygen atoms in total. The Kier molecular flexibility index (Phi) is 2.38. The van der Waals surface area contributed by atoms with Crippen molar-refractivity contribution in [3.63, 3.8) is 0 Å². The number of nitrogens with zero attached hydrogens (tertiary/aromatic N) is 1. The highest BCUT2D eigenvalue weighted by molar-refractivity contribution is 5.80. The Labute approximate surface area is 90.3 Å². The van der Waals surface area contributed by atoms with Crippen molar-refractivity contribution in [1.29, 1.82) is 0 Å². The standard InChI is InChI=1S/C11H11FN2O2/c1-3-14-10(15)8-5-7(12)4-6(2)9(8)13-11(14)16/h4-5H,3H2,1-2H3,(H,13,16). The molecule has 0 radical (unpaired) electrons. The van der Waals surface area contributed by atoms with Crippen molar-refractivity contribution in [2.45, 2.75) is 20.4 Å². The van der Waals surface area contributed by atoms with E-state index in [9.17, 15) is 14.0 Å². The summed E-state index contributed by atoms with van der Waals surface area (Å²) >= 11 is 0. The molecule has 0 fully saturated rings. The molecule has 16 heavy (non-hydrogen) atoms. The van der Waals surface area contributed by atoms with E-state index in [4.69, 9.17) is 0 Å². The van der Waals surface area contributed by atoms with Crippen LogP contribution in [0, 0.1) is 12.7 Å². The van der Waals surface area contributed by atoms with Crippen LogP contribution in [0.2, 0.25) is 0 Å². The maximum absolute atomic E-state index is 13.2. The van der Waals surface area contributed by atoms with Crippen LogP contribution in [0.4, 0.5) is 4.39 Å². The number of aryl methyl sites for hydroxylation is 1. The van der Waals surface area contributed by atoms with Crippen LogP contribution in [0.25, 0.3) is 10.9 Å². The van der Waals surface area contributed by atoms with Crippen LogP contribution < -0.4 is 11.2 Å². The van der Waals surface area contributed by atoms with Crippen LogP contribution in [-0.4, -0.2) is 9.55 Å². The predicted molar refractivity (Wildman–Crippen MR) is 59.2 cm³/mol. The fourth-order valence-electron chi connectivity index (χ4n) is 1.78. The Morgan fingerprint density at radius 3 is 2.69 bits per heavy atom. The SMILES string of the molecule is CCn1c(=O)[nH]c2c(C)cc(F)cc2c1=O. The second-order valence-electron chi connectivity index (χ2n) is 3.62. The first-order valence-electron chi connectivity index (χ1n) is 4.97. The number of aromatic nitrogens is 2. The minimum Gasteiger partial charge on any atom is -0.306 e. The minimum atomic E-state index is -0.475. The van der Waals surface area contributed by atoms with Gasteiger partial charge in [0.1, 0.15) is 5.82 Å². The van der Waals surface area contributed by atoms with E-state index in [1.807, 2.05) is 0 Å². The van der Waals surface area contributed by atoms with Crippen molar-refractivity contribution in [2.75, 3.05) is 0 Å². The summed E-state index contributed by atoms with van der Waals surface area (Å²) in [5.74, 6) is -0.475. The number of fused-ring (bicyclic) bond motifs is 1. The summed E-state index contributed by atoms with van der Waals surface area (Å²) < 4.78 is 14.2. The minimum absolute atomic E-state index is 0.207. The maximum atomic E-state index is 13.2. The molecule has 0 amide bonds. The van der Waals surface area contributed by atoms with Crippen LogP contribution in [0.5, 0.6) is 0 Å². The maximum Gasteiger partial charge on any atom is 0.328 e. The average Bonchev–Trinajstić information content (AvgIpc) is 2.21. The first-order chi connectivity index (χ1) is 7.54. The van der Waals surface area contributed by atoms with E-state index in [1.165, 1.54) is 6.07 Å². The van der Waals surface area contributed by atoms with Crippen molar-refractivity contribution < 1.29 is 4.39 Å². The second-order valence-corrected chi connectivity index (χ2v) is 3.62. The van der Waals surface area contributed by atoms with Gasteiger partial charge in [0.05, 0.1) is 10.9 Å². The van der Waals surface area contributed by atoms with Crippen molar-refractivity contribution in [3.8, 4) is 0 Å². The van der Waals surface area contributed by atoms with E-state index in [0.717, 1.165) is 10.6 Å². The molecule has 0 spiro atoms. The predicted octanol–water partition coefficient (Wildman–Crippen LogP) is 1.16. The highest BCUT2D eigenvalue weighted by Crippen LogP contribution is 2.13. The van der Waals surface area contributed by atoms with Crippen LogP contribution in [0.3, 0.4) is 0 Å². The molecule has 1 heterocycles.